The number of hydrogen-bond donors (Lipinski definition) is 1. The third kappa shape index (κ3) is 4.86. The molecule has 0 radical (unpaired) electrons. The first-order chi connectivity index (χ1) is 11.6. The zero-order valence-electron chi connectivity index (χ0n) is 15.1. The van der Waals surface area contributed by atoms with Gasteiger partial charge in [-0.1, -0.05) is 0 Å². The summed E-state index contributed by atoms with van der Waals surface area (Å²) < 4.78 is 24.3. The second kappa shape index (κ2) is 7.01. The molecule has 0 saturated carbocycles. The molecule has 0 heterocycles. The fourth-order valence-corrected chi connectivity index (χ4v) is 2.16. The summed E-state index contributed by atoms with van der Waals surface area (Å²) >= 11 is 0. The SMILES string of the molecule is Cc1cc(F)ccc1Oc1ccc(N)c(N(C)C(=O)OC(C)(C)C)c1. The highest BCUT2D eigenvalue weighted by Crippen LogP contribution is 2.32. The quantitative estimate of drug-likeness (QED) is 0.805. The van der Waals surface area contributed by atoms with Gasteiger partial charge in [-0.2, -0.15) is 0 Å². The molecule has 0 aliphatic carbocycles. The standard InChI is InChI=1S/C19H23FN2O3/c1-12-10-13(20)6-9-17(12)24-14-7-8-15(21)16(11-14)22(5)18(23)25-19(2,3)4/h6-11H,21H2,1-5H3. The van der Waals surface area contributed by atoms with E-state index in [1.807, 2.05) is 0 Å². The lowest BCUT2D eigenvalue weighted by Gasteiger charge is -2.25. The summed E-state index contributed by atoms with van der Waals surface area (Å²) in [6.07, 6.45) is -0.519. The van der Waals surface area contributed by atoms with Gasteiger partial charge in [0.15, 0.2) is 0 Å². The predicted molar refractivity (Wildman–Crippen MR) is 96.7 cm³/mol. The molecule has 0 aromatic heterocycles. The summed E-state index contributed by atoms with van der Waals surface area (Å²) in [6, 6.07) is 9.24. The Morgan fingerprint density at radius 3 is 2.44 bits per heavy atom. The monoisotopic (exact) mass is 346 g/mol. The Balaban J connectivity index is 2.26. The maximum absolute atomic E-state index is 13.2. The smallest absolute Gasteiger partial charge is 0.414 e. The van der Waals surface area contributed by atoms with E-state index in [4.69, 9.17) is 15.2 Å². The fourth-order valence-electron chi connectivity index (χ4n) is 2.16. The van der Waals surface area contributed by atoms with Crippen LogP contribution in [0.3, 0.4) is 0 Å². The number of hydrogen-bond acceptors (Lipinski definition) is 4. The Morgan fingerprint density at radius 1 is 1.16 bits per heavy atom. The van der Waals surface area contributed by atoms with Crippen molar-refractivity contribution in [3.05, 3.63) is 47.8 Å². The summed E-state index contributed by atoms with van der Waals surface area (Å²) in [5.74, 6) is 0.680. The molecule has 0 unspecified atom stereocenters. The largest absolute Gasteiger partial charge is 0.457 e. The number of carbonyl (C=O) groups is 1. The lowest BCUT2D eigenvalue weighted by Crippen LogP contribution is -2.34. The van der Waals surface area contributed by atoms with Gasteiger partial charge in [-0.05, 0) is 63.6 Å². The number of halogens is 1. The van der Waals surface area contributed by atoms with Crippen LogP contribution in [0.1, 0.15) is 26.3 Å². The molecule has 5 nitrogen and oxygen atoms in total. The number of anilines is 2. The van der Waals surface area contributed by atoms with Gasteiger partial charge < -0.3 is 15.2 Å². The van der Waals surface area contributed by atoms with Crippen LogP contribution in [0.5, 0.6) is 11.5 Å². The number of nitrogens with two attached hydrogens (primary N) is 1. The molecule has 2 aromatic rings. The van der Waals surface area contributed by atoms with Crippen molar-refractivity contribution in [3.8, 4) is 11.5 Å². The predicted octanol–water partition coefficient (Wildman–Crippen LogP) is 4.88. The summed E-state index contributed by atoms with van der Waals surface area (Å²) in [5.41, 5.74) is 6.91. The number of aryl methyl sites for hydroxylation is 1. The maximum Gasteiger partial charge on any atom is 0.414 e. The first-order valence-corrected chi connectivity index (χ1v) is 7.87. The summed E-state index contributed by atoms with van der Waals surface area (Å²) in [6.45, 7) is 7.13. The Hall–Kier alpha value is -2.76. The van der Waals surface area contributed by atoms with Crippen LogP contribution in [-0.2, 0) is 4.74 Å². The third-order valence-corrected chi connectivity index (χ3v) is 3.40. The molecule has 2 N–H and O–H groups in total. The van der Waals surface area contributed by atoms with E-state index in [2.05, 4.69) is 0 Å². The molecule has 0 saturated heterocycles. The molecule has 134 valence electrons. The maximum atomic E-state index is 13.2. The lowest BCUT2D eigenvalue weighted by molar-refractivity contribution is 0.0589. The minimum atomic E-state index is -0.612. The molecule has 0 spiro atoms. The Kier molecular flexibility index (Phi) is 5.21. The highest BCUT2D eigenvalue weighted by molar-refractivity contribution is 5.91. The highest BCUT2D eigenvalue weighted by Gasteiger charge is 2.22. The highest BCUT2D eigenvalue weighted by atomic mass is 19.1. The summed E-state index contributed by atoms with van der Waals surface area (Å²) in [7, 11) is 1.58. The van der Waals surface area contributed by atoms with E-state index >= 15 is 0 Å². The van der Waals surface area contributed by atoms with Gasteiger partial charge in [0, 0.05) is 13.1 Å². The minimum Gasteiger partial charge on any atom is -0.457 e. The van der Waals surface area contributed by atoms with Crippen molar-refractivity contribution in [1.82, 2.24) is 0 Å². The van der Waals surface area contributed by atoms with Gasteiger partial charge >= 0.3 is 6.09 Å². The van der Waals surface area contributed by atoms with Gasteiger partial charge in [-0.25, -0.2) is 9.18 Å². The zero-order valence-corrected chi connectivity index (χ0v) is 15.1. The molecule has 25 heavy (non-hydrogen) atoms. The normalized spacial score (nSPS) is 11.1. The first kappa shape index (κ1) is 18.6. The van der Waals surface area contributed by atoms with E-state index in [1.54, 1.807) is 59.0 Å². The number of nitrogens with zero attached hydrogens (tertiary/aromatic N) is 1. The number of rotatable bonds is 3. The van der Waals surface area contributed by atoms with Crippen LogP contribution < -0.4 is 15.4 Å². The molecule has 2 rings (SSSR count). The van der Waals surface area contributed by atoms with E-state index in [9.17, 15) is 9.18 Å². The lowest BCUT2D eigenvalue weighted by atomic mass is 10.2. The minimum absolute atomic E-state index is 0.326. The molecule has 6 heteroatoms. The number of ether oxygens (including phenoxy) is 2. The first-order valence-electron chi connectivity index (χ1n) is 7.87. The van der Waals surface area contributed by atoms with Gasteiger partial charge in [-0.15, -0.1) is 0 Å². The fraction of sp³-hybridized carbons (Fsp3) is 0.316. The van der Waals surface area contributed by atoms with Gasteiger partial charge in [0.1, 0.15) is 22.9 Å². The van der Waals surface area contributed by atoms with Crippen LogP contribution in [0.4, 0.5) is 20.6 Å². The Bertz CT molecular complexity index is 785. The van der Waals surface area contributed by atoms with Crippen molar-refractivity contribution in [1.29, 1.82) is 0 Å². The molecule has 0 atom stereocenters. The summed E-state index contributed by atoms with van der Waals surface area (Å²) in [4.78, 5) is 13.6. The molecule has 0 fully saturated rings. The molecule has 0 aliphatic rings. The summed E-state index contributed by atoms with van der Waals surface area (Å²) in [5, 5.41) is 0. The average Bonchev–Trinajstić information content (AvgIpc) is 2.49. The van der Waals surface area contributed by atoms with E-state index in [0.717, 1.165) is 0 Å². The van der Waals surface area contributed by atoms with Crippen molar-refractivity contribution in [3.63, 3.8) is 0 Å². The Labute approximate surface area is 147 Å². The second-order valence-corrected chi connectivity index (χ2v) is 6.77. The Morgan fingerprint density at radius 2 is 1.84 bits per heavy atom. The number of nitrogen functional groups attached to an aromatic ring is 1. The van der Waals surface area contributed by atoms with E-state index < -0.39 is 11.7 Å². The van der Waals surface area contributed by atoms with Crippen molar-refractivity contribution in [2.75, 3.05) is 17.7 Å². The molecule has 2 aromatic carbocycles. The molecular formula is C19H23FN2O3. The van der Waals surface area contributed by atoms with Crippen molar-refractivity contribution < 1.29 is 18.7 Å². The van der Waals surface area contributed by atoms with Crippen LogP contribution in [0.2, 0.25) is 0 Å². The van der Waals surface area contributed by atoms with Gasteiger partial charge in [0.05, 0.1) is 11.4 Å². The van der Waals surface area contributed by atoms with E-state index in [1.165, 1.54) is 17.0 Å². The number of carbonyl (C=O) groups excluding carboxylic acids is 1. The average molecular weight is 346 g/mol. The van der Waals surface area contributed by atoms with Crippen LogP contribution in [0.25, 0.3) is 0 Å². The second-order valence-electron chi connectivity index (χ2n) is 6.77. The topological polar surface area (TPSA) is 64.8 Å². The van der Waals surface area contributed by atoms with Crippen LogP contribution >= 0.6 is 0 Å². The van der Waals surface area contributed by atoms with Gasteiger partial charge in [-0.3, -0.25) is 4.90 Å². The zero-order chi connectivity index (χ0) is 18.8. The van der Waals surface area contributed by atoms with E-state index in [0.29, 0.717) is 28.4 Å². The molecule has 0 bridgehead atoms. The van der Waals surface area contributed by atoms with Crippen molar-refractivity contribution in [2.45, 2.75) is 33.3 Å². The number of benzene rings is 2. The van der Waals surface area contributed by atoms with Gasteiger partial charge in [0.25, 0.3) is 0 Å². The van der Waals surface area contributed by atoms with Crippen molar-refractivity contribution in [2.24, 2.45) is 0 Å². The van der Waals surface area contributed by atoms with Crippen LogP contribution in [0.15, 0.2) is 36.4 Å². The van der Waals surface area contributed by atoms with Gasteiger partial charge in [0.2, 0.25) is 0 Å². The number of amides is 1. The molecule has 0 aliphatic heterocycles. The van der Waals surface area contributed by atoms with Crippen LogP contribution in [-0.4, -0.2) is 18.7 Å². The van der Waals surface area contributed by atoms with Crippen LogP contribution in [0, 0.1) is 12.7 Å². The third-order valence-electron chi connectivity index (χ3n) is 3.40. The van der Waals surface area contributed by atoms with Crippen molar-refractivity contribution >= 4 is 17.5 Å². The molecular weight excluding hydrogens is 323 g/mol. The van der Waals surface area contributed by atoms with E-state index in [-0.39, 0.29) is 5.82 Å². The molecule has 1 amide bonds.